The van der Waals surface area contributed by atoms with E-state index in [1.165, 1.54) is 12.1 Å². The van der Waals surface area contributed by atoms with E-state index >= 15 is 0 Å². The van der Waals surface area contributed by atoms with Gasteiger partial charge in [0, 0.05) is 17.3 Å². The third kappa shape index (κ3) is 4.50. The molecule has 0 aromatic carbocycles. The summed E-state index contributed by atoms with van der Waals surface area (Å²) in [5, 5.41) is 4.04. The lowest BCUT2D eigenvalue weighted by Gasteiger charge is -2.09. The Kier molecular flexibility index (Phi) is 4.97. The van der Waals surface area contributed by atoms with Crippen molar-refractivity contribution in [2.75, 3.05) is 0 Å². The van der Waals surface area contributed by atoms with Gasteiger partial charge in [0.1, 0.15) is 5.69 Å². The van der Waals surface area contributed by atoms with Crippen LogP contribution in [0.25, 0.3) is 0 Å². The Morgan fingerprint density at radius 2 is 1.96 bits per heavy atom. The number of nitrogens with zero attached hydrogens (tertiary/aromatic N) is 3. The average Bonchev–Trinajstić information content (AvgIpc) is 2.59. The van der Waals surface area contributed by atoms with Gasteiger partial charge in [0.15, 0.2) is 0 Å². The fraction of sp³-hybridized carbons (Fsp3) is 0.211. The average molecular weight is 321 g/mol. The van der Waals surface area contributed by atoms with E-state index in [0.29, 0.717) is 0 Å². The molecule has 120 valence electrons. The first-order chi connectivity index (χ1) is 11.7. The van der Waals surface area contributed by atoms with Gasteiger partial charge >= 0.3 is 0 Å². The molecular weight excluding hydrogens is 305 g/mol. The van der Waals surface area contributed by atoms with E-state index in [1.807, 2.05) is 31.2 Å². The Bertz CT molecular complexity index is 862. The molecule has 1 aliphatic carbocycles. The van der Waals surface area contributed by atoms with Crippen LogP contribution in [0.15, 0.2) is 53.2 Å². The second-order valence-electron chi connectivity index (χ2n) is 5.41. The molecule has 0 saturated carbocycles. The highest BCUT2D eigenvalue weighted by Crippen LogP contribution is 2.16. The summed E-state index contributed by atoms with van der Waals surface area (Å²) in [7, 11) is 0. The molecular formula is C19H16FN3O. The van der Waals surface area contributed by atoms with Gasteiger partial charge in [-0.3, -0.25) is 0 Å². The monoisotopic (exact) mass is 321 g/mol. The summed E-state index contributed by atoms with van der Waals surface area (Å²) < 4.78 is 13.0. The number of aryl methyl sites for hydroxylation is 1. The zero-order chi connectivity index (χ0) is 16.8. The zero-order valence-electron chi connectivity index (χ0n) is 13.3. The van der Waals surface area contributed by atoms with E-state index in [2.05, 4.69) is 27.0 Å². The van der Waals surface area contributed by atoms with E-state index in [9.17, 15) is 4.39 Å². The normalized spacial score (nSPS) is 15.4. The van der Waals surface area contributed by atoms with Crippen molar-refractivity contribution in [2.45, 2.75) is 26.2 Å². The minimum absolute atomic E-state index is 0.137. The summed E-state index contributed by atoms with van der Waals surface area (Å²) in [5.74, 6) is 5.75. The van der Waals surface area contributed by atoms with Gasteiger partial charge in [0.25, 0.3) is 5.88 Å². The molecule has 0 N–H and O–H groups in total. The molecule has 0 radical (unpaired) electrons. The molecule has 2 aromatic heterocycles. The van der Waals surface area contributed by atoms with Crippen LogP contribution in [0.4, 0.5) is 4.39 Å². The highest BCUT2D eigenvalue weighted by Gasteiger charge is 2.08. The molecule has 0 aliphatic heterocycles. The van der Waals surface area contributed by atoms with Gasteiger partial charge in [-0.2, -0.15) is 9.37 Å². The smallest absolute Gasteiger partial charge is 0.251 e. The lowest BCUT2D eigenvalue weighted by Crippen LogP contribution is -2.05. The number of allylic oxidation sites excluding steroid dienone is 2. The first-order valence-corrected chi connectivity index (χ1v) is 7.72. The maximum absolute atomic E-state index is 13.0. The predicted octanol–water partition coefficient (Wildman–Crippen LogP) is 3.82. The topological polar surface area (TPSA) is 47.4 Å². The van der Waals surface area contributed by atoms with E-state index < -0.39 is 5.95 Å². The maximum atomic E-state index is 13.0. The van der Waals surface area contributed by atoms with E-state index in [-0.39, 0.29) is 5.88 Å². The molecule has 0 saturated heterocycles. The first kappa shape index (κ1) is 15.9. The maximum Gasteiger partial charge on any atom is 0.251 e. The minimum Gasteiger partial charge on any atom is -0.336 e. The van der Waals surface area contributed by atoms with Crippen molar-refractivity contribution >= 4 is 5.71 Å². The van der Waals surface area contributed by atoms with Crippen LogP contribution in [0.2, 0.25) is 0 Å². The fourth-order valence-corrected chi connectivity index (χ4v) is 2.28. The molecule has 0 atom stereocenters. The van der Waals surface area contributed by atoms with Crippen LogP contribution >= 0.6 is 0 Å². The quantitative estimate of drug-likeness (QED) is 0.480. The van der Waals surface area contributed by atoms with Gasteiger partial charge in [0.2, 0.25) is 5.95 Å². The van der Waals surface area contributed by atoms with Crippen LogP contribution in [0.1, 0.15) is 30.7 Å². The summed E-state index contributed by atoms with van der Waals surface area (Å²) in [6.45, 7) is 1.94. The Balaban J connectivity index is 1.72. The Hall–Kier alpha value is -3.00. The number of oxime groups is 1. The van der Waals surface area contributed by atoms with Gasteiger partial charge < -0.3 is 4.84 Å². The molecule has 0 spiro atoms. The summed E-state index contributed by atoms with van der Waals surface area (Å²) in [6.07, 6.45) is 4.55. The molecule has 0 amide bonds. The van der Waals surface area contributed by atoms with E-state index in [1.54, 1.807) is 6.07 Å². The Labute approximate surface area is 140 Å². The lowest BCUT2D eigenvalue weighted by atomic mass is 9.98. The van der Waals surface area contributed by atoms with Crippen molar-refractivity contribution in [2.24, 2.45) is 5.16 Å². The van der Waals surface area contributed by atoms with Crippen molar-refractivity contribution < 1.29 is 9.23 Å². The van der Waals surface area contributed by atoms with Crippen LogP contribution < -0.4 is 4.84 Å². The van der Waals surface area contributed by atoms with Crippen molar-refractivity contribution in [1.29, 1.82) is 0 Å². The van der Waals surface area contributed by atoms with Crippen molar-refractivity contribution in [3.8, 4) is 17.7 Å². The second-order valence-corrected chi connectivity index (χ2v) is 5.41. The summed E-state index contributed by atoms with van der Waals surface area (Å²) in [6, 6.07) is 10.1. The fourth-order valence-electron chi connectivity index (χ4n) is 2.28. The van der Waals surface area contributed by atoms with Crippen LogP contribution in [0.3, 0.4) is 0 Å². The molecule has 2 aromatic rings. The molecule has 0 bridgehead atoms. The molecule has 24 heavy (non-hydrogen) atoms. The summed E-state index contributed by atoms with van der Waals surface area (Å²) in [4.78, 5) is 13.2. The number of aromatic nitrogens is 2. The molecule has 3 rings (SSSR count). The third-order valence-electron chi connectivity index (χ3n) is 3.41. The number of hydrogen-bond acceptors (Lipinski definition) is 4. The van der Waals surface area contributed by atoms with Gasteiger partial charge in [-0.15, -0.1) is 0 Å². The highest BCUT2D eigenvalue weighted by molar-refractivity contribution is 5.96. The molecule has 1 aliphatic rings. The van der Waals surface area contributed by atoms with Gasteiger partial charge in [-0.05, 0) is 56.4 Å². The molecule has 5 heteroatoms. The number of halogens is 1. The van der Waals surface area contributed by atoms with Crippen LogP contribution in [0, 0.1) is 24.7 Å². The zero-order valence-corrected chi connectivity index (χ0v) is 13.3. The van der Waals surface area contributed by atoms with Crippen LogP contribution in [-0.2, 0) is 0 Å². The third-order valence-corrected chi connectivity index (χ3v) is 3.41. The first-order valence-electron chi connectivity index (χ1n) is 7.72. The van der Waals surface area contributed by atoms with Crippen LogP contribution in [0.5, 0.6) is 5.88 Å². The van der Waals surface area contributed by atoms with Crippen molar-refractivity contribution in [1.82, 2.24) is 9.97 Å². The molecule has 0 unspecified atom stereocenters. The van der Waals surface area contributed by atoms with Crippen molar-refractivity contribution in [3.63, 3.8) is 0 Å². The summed E-state index contributed by atoms with van der Waals surface area (Å²) >= 11 is 0. The second kappa shape index (κ2) is 7.51. The van der Waals surface area contributed by atoms with Gasteiger partial charge in [-0.1, -0.05) is 23.2 Å². The number of pyridine rings is 2. The molecule has 4 nitrogen and oxygen atoms in total. The minimum atomic E-state index is -0.593. The van der Waals surface area contributed by atoms with Crippen LogP contribution in [-0.4, -0.2) is 15.7 Å². The Morgan fingerprint density at radius 1 is 1.08 bits per heavy atom. The van der Waals surface area contributed by atoms with E-state index in [0.717, 1.165) is 41.9 Å². The highest BCUT2D eigenvalue weighted by atomic mass is 19.1. The SMILES string of the molecule is Cc1cccc(C#CC2=C/C(=N/Oc3cccc(F)n3)CCC2)n1. The number of hydrogen-bond donors (Lipinski definition) is 0. The number of rotatable bonds is 2. The van der Waals surface area contributed by atoms with Gasteiger partial charge in [0.05, 0.1) is 5.71 Å². The van der Waals surface area contributed by atoms with Gasteiger partial charge in [-0.25, -0.2) is 4.98 Å². The molecule has 2 heterocycles. The van der Waals surface area contributed by atoms with Crippen molar-refractivity contribution in [3.05, 3.63) is 65.4 Å². The van der Waals surface area contributed by atoms with E-state index in [4.69, 9.17) is 4.84 Å². The standard InChI is InChI=1S/C19H16FN3O/c1-14-5-2-7-16(21-14)12-11-15-6-3-8-17(13-15)23-24-19-10-4-9-18(20)22-19/h2,4-5,7,9-10,13H,3,6,8H2,1H3/b23-17+. The molecule has 0 fully saturated rings. The lowest BCUT2D eigenvalue weighted by molar-refractivity contribution is 0.320. The largest absolute Gasteiger partial charge is 0.336 e. The predicted molar refractivity (Wildman–Crippen MR) is 90.0 cm³/mol. The summed E-state index contributed by atoms with van der Waals surface area (Å²) in [5.41, 5.74) is 3.45. The Morgan fingerprint density at radius 3 is 2.79 bits per heavy atom.